The molecule has 0 saturated carbocycles. The third kappa shape index (κ3) is 3.24. The van der Waals surface area contributed by atoms with Gasteiger partial charge in [-0.25, -0.2) is 0 Å². The van der Waals surface area contributed by atoms with Gasteiger partial charge in [-0.05, 0) is 20.0 Å². The Hall–Kier alpha value is -1.55. The highest BCUT2D eigenvalue weighted by atomic mass is 16.5. The zero-order valence-corrected chi connectivity index (χ0v) is 9.69. The number of carbonyl (C=O) groups excluding carboxylic acids is 1. The fourth-order valence-corrected chi connectivity index (χ4v) is 1.62. The molecule has 4 heteroatoms. The van der Waals surface area contributed by atoms with E-state index in [4.69, 9.17) is 10.5 Å². The molecule has 0 saturated heterocycles. The Bertz CT molecular complexity index is 353. The zero-order valence-electron chi connectivity index (χ0n) is 9.69. The van der Waals surface area contributed by atoms with Gasteiger partial charge in [0.1, 0.15) is 5.75 Å². The summed E-state index contributed by atoms with van der Waals surface area (Å²) in [5.41, 5.74) is 6.17. The van der Waals surface area contributed by atoms with Crippen LogP contribution in [0.1, 0.15) is 24.9 Å². The lowest BCUT2D eigenvalue weighted by atomic mass is 10.0. The fourth-order valence-electron chi connectivity index (χ4n) is 1.62. The highest BCUT2D eigenvalue weighted by Gasteiger charge is 2.16. The van der Waals surface area contributed by atoms with Crippen molar-refractivity contribution in [2.24, 2.45) is 5.73 Å². The van der Waals surface area contributed by atoms with Crippen molar-refractivity contribution in [3.63, 3.8) is 0 Å². The van der Waals surface area contributed by atoms with Crippen LogP contribution < -0.4 is 15.8 Å². The van der Waals surface area contributed by atoms with Crippen LogP contribution >= 0.6 is 0 Å². The number of hydrogen-bond donors (Lipinski definition) is 2. The minimum absolute atomic E-state index is 0.0970. The van der Waals surface area contributed by atoms with Gasteiger partial charge in [-0.3, -0.25) is 4.79 Å². The molecule has 0 radical (unpaired) electrons. The van der Waals surface area contributed by atoms with Crippen molar-refractivity contribution in [2.45, 2.75) is 19.4 Å². The van der Waals surface area contributed by atoms with Crippen LogP contribution in [0.25, 0.3) is 0 Å². The van der Waals surface area contributed by atoms with Crippen molar-refractivity contribution < 1.29 is 9.53 Å². The summed E-state index contributed by atoms with van der Waals surface area (Å²) < 4.78 is 5.51. The van der Waals surface area contributed by atoms with E-state index < -0.39 is 0 Å². The molecule has 1 amide bonds. The molecule has 0 aliphatic heterocycles. The smallest absolute Gasteiger partial charge is 0.219 e. The first-order valence-electron chi connectivity index (χ1n) is 5.36. The lowest BCUT2D eigenvalue weighted by Gasteiger charge is -2.18. The average Bonchev–Trinajstić information content (AvgIpc) is 2.27. The van der Waals surface area contributed by atoms with Gasteiger partial charge in [0.25, 0.3) is 0 Å². The molecule has 88 valence electrons. The Balaban J connectivity index is 2.94. The van der Waals surface area contributed by atoms with Crippen molar-refractivity contribution in [3.05, 3.63) is 29.8 Å². The lowest BCUT2D eigenvalue weighted by molar-refractivity contribution is -0.118. The Kier molecular flexibility index (Phi) is 4.79. The van der Waals surface area contributed by atoms with Gasteiger partial charge in [-0.2, -0.15) is 0 Å². The zero-order chi connectivity index (χ0) is 12.0. The maximum Gasteiger partial charge on any atom is 0.219 e. The molecular formula is C12H18N2O2. The van der Waals surface area contributed by atoms with Gasteiger partial charge in [-0.1, -0.05) is 18.2 Å². The van der Waals surface area contributed by atoms with E-state index in [2.05, 4.69) is 5.32 Å². The first kappa shape index (κ1) is 12.5. The maximum atomic E-state index is 11.0. The van der Waals surface area contributed by atoms with Gasteiger partial charge in [0.05, 0.1) is 6.61 Å². The largest absolute Gasteiger partial charge is 0.494 e. The lowest BCUT2D eigenvalue weighted by Crippen LogP contribution is -2.24. The normalized spacial score (nSPS) is 12.1. The molecule has 0 aliphatic carbocycles. The number of nitrogens with two attached hydrogens (primary N) is 1. The van der Waals surface area contributed by atoms with Crippen LogP contribution in [0.15, 0.2) is 24.3 Å². The predicted octanol–water partition coefficient (Wildman–Crippen LogP) is 1.22. The monoisotopic (exact) mass is 222 g/mol. The van der Waals surface area contributed by atoms with Gasteiger partial charge < -0.3 is 15.8 Å². The number of nitrogens with one attached hydrogen (secondary N) is 1. The van der Waals surface area contributed by atoms with E-state index in [1.807, 2.05) is 31.2 Å². The fraction of sp³-hybridized carbons (Fsp3) is 0.417. The maximum absolute atomic E-state index is 11.0. The number of para-hydroxylation sites is 1. The molecule has 1 unspecified atom stereocenters. The molecule has 1 rings (SSSR count). The summed E-state index contributed by atoms with van der Waals surface area (Å²) in [5.74, 6) is 0.469. The van der Waals surface area contributed by atoms with Gasteiger partial charge in [0.15, 0.2) is 0 Å². The molecule has 0 aliphatic rings. The predicted molar refractivity (Wildman–Crippen MR) is 63.2 cm³/mol. The Morgan fingerprint density at radius 2 is 2.19 bits per heavy atom. The van der Waals surface area contributed by atoms with Crippen molar-refractivity contribution in [1.82, 2.24) is 5.32 Å². The molecular weight excluding hydrogens is 204 g/mol. The second-order valence-corrected chi connectivity index (χ2v) is 3.48. The van der Waals surface area contributed by atoms with Crippen molar-refractivity contribution in [1.29, 1.82) is 0 Å². The van der Waals surface area contributed by atoms with Crippen molar-refractivity contribution >= 4 is 5.91 Å². The first-order chi connectivity index (χ1) is 7.69. The Labute approximate surface area is 95.8 Å². The van der Waals surface area contributed by atoms with Crippen molar-refractivity contribution in [3.8, 4) is 5.75 Å². The summed E-state index contributed by atoms with van der Waals surface area (Å²) in [7, 11) is 1.80. The van der Waals surface area contributed by atoms with E-state index >= 15 is 0 Å². The minimum atomic E-state index is -0.328. The second kappa shape index (κ2) is 6.12. The molecule has 0 aromatic heterocycles. The van der Waals surface area contributed by atoms with E-state index in [1.165, 1.54) is 0 Å². The summed E-state index contributed by atoms with van der Waals surface area (Å²) in [6.07, 6.45) is 0.264. The minimum Gasteiger partial charge on any atom is -0.494 e. The third-order valence-corrected chi connectivity index (χ3v) is 2.35. The van der Waals surface area contributed by atoms with Gasteiger partial charge in [0.2, 0.25) is 5.91 Å². The van der Waals surface area contributed by atoms with Crippen LogP contribution in [0, 0.1) is 0 Å². The second-order valence-electron chi connectivity index (χ2n) is 3.48. The van der Waals surface area contributed by atoms with Gasteiger partial charge in [0, 0.05) is 18.0 Å². The molecule has 1 aromatic carbocycles. The van der Waals surface area contributed by atoms with Crippen molar-refractivity contribution in [2.75, 3.05) is 13.7 Å². The quantitative estimate of drug-likeness (QED) is 0.760. The molecule has 0 bridgehead atoms. The summed E-state index contributed by atoms with van der Waals surface area (Å²) in [6, 6.07) is 7.56. The number of amides is 1. The summed E-state index contributed by atoms with van der Waals surface area (Å²) in [4.78, 5) is 11.0. The van der Waals surface area contributed by atoms with E-state index in [1.54, 1.807) is 7.05 Å². The Morgan fingerprint density at radius 3 is 2.75 bits per heavy atom. The van der Waals surface area contributed by atoms with Crippen LogP contribution in [0.2, 0.25) is 0 Å². The molecule has 0 heterocycles. The molecule has 1 atom stereocenters. The SMILES string of the molecule is CCOc1ccccc1C(CC(N)=O)NC. The van der Waals surface area contributed by atoms with E-state index in [0.717, 1.165) is 11.3 Å². The molecule has 16 heavy (non-hydrogen) atoms. The van der Waals surface area contributed by atoms with Crippen LogP contribution in [0.3, 0.4) is 0 Å². The number of rotatable bonds is 6. The molecule has 0 fully saturated rings. The summed E-state index contributed by atoms with van der Waals surface area (Å²) in [5, 5.41) is 3.07. The highest BCUT2D eigenvalue weighted by molar-refractivity contribution is 5.74. The van der Waals surface area contributed by atoms with E-state index in [-0.39, 0.29) is 18.4 Å². The number of benzene rings is 1. The van der Waals surface area contributed by atoms with Crippen LogP contribution in [-0.2, 0) is 4.79 Å². The van der Waals surface area contributed by atoms with Crippen LogP contribution in [-0.4, -0.2) is 19.6 Å². The van der Waals surface area contributed by atoms with Gasteiger partial charge in [-0.15, -0.1) is 0 Å². The molecule has 4 nitrogen and oxygen atoms in total. The molecule has 1 aromatic rings. The topological polar surface area (TPSA) is 64.3 Å². The Morgan fingerprint density at radius 1 is 1.50 bits per heavy atom. The van der Waals surface area contributed by atoms with E-state index in [0.29, 0.717) is 6.61 Å². The number of primary amides is 1. The summed E-state index contributed by atoms with van der Waals surface area (Å²) >= 11 is 0. The van der Waals surface area contributed by atoms with E-state index in [9.17, 15) is 4.79 Å². The molecule has 3 N–H and O–H groups in total. The van der Waals surface area contributed by atoms with Crippen LogP contribution in [0.4, 0.5) is 0 Å². The number of carbonyl (C=O) groups is 1. The molecule has 0 spiro atoms. The van der Waals surface area contributed by atoms with Gasteiger partial charge >= 0.3 is 0 Å². The average molecular weight is 222 g/mol. The third-order valence-electron chi connectivity index (χ3n) is 2.35. The summed E-state index contributed by atoms with van der Waals surface area (Å²) in [6.45, 7) is 2.53. The standard InChI is InChI=1S/C12H18N2O2/c1-3-16-11-7-5-4-6-9(11)10(14-2)8-12(13)15/h4-7,10,14H,3,8H2,1-2H3,(H2,13,15). The highest BCUT2D eigenvalue weighted by Crippen LogP contribution is 2.26. The van der Waals surface area contributed by atoms with Crippen LogP contribution in [0.5, 0.6) is 5.75 Å². The number of ether oxygens (including phenoxy) is 1. The number of hydrogen-bond acceptors (Lipinski definition) is 3. The first-order valence-corrected chi connectivity index (χ1v) is 5.36.